The van der Waals surface area contributed by atoms with Gasteiger partial charge >= 0.3 is 0 Å². The van der Waals surface area contributed by atoms with Crippen molar-refractivity contribution in [3.63, 3.8) is 0 Å². The zero-order chi connectivity index (χ0) is 19.3. The van der Waals surface area contributed by atoms with Crippen molar-refractivity contribution in [2.75, 3.05) is 20.2 Å². The quantitative estimate of drug-likeness (QED) is 0.682. The van der Waals surface area contributed by atoms with Gasteiger partial charge < -0.3 is 14.2 Å². The minimum absolute atomic E-state index is 0.0381. The van der Waals surface area contributed by atoms with Crippen LogP contribution in [-0.4, -0.2) is 45.5 Å². The van der Waals surface area contributed by atoms with E-state index in [0.29, 0.717) is 12.2 Å². The fourth-order valence-electron chi connectivity index (χ4n) is 4.59. The zero-order valence-corrected chi connectivity index (χ0v) is 16.8. The number of methoxy groups -OCH3 is 1. The predicted octanol–water partition coefficient (Wildman–Crippen LogP) is 3.51. The van der Waals surface area contributed by atoms with E-state index in [1.807, 2.05) is 41.6 Å². The lowest BCUT2D eigenvalue weighted by atomic mass is 9.85. The number of ether oxygens (including phenoxy) is 1. The van der Waals surface area contributed by atoms with E-state index in [9.17, 15) is 4.79 Å². The van der Waals surface area contributed by atoms with E-state index in [1.54, 1.807) is 7.11 Å². The first-order valence-corrected chi connectivity index (χ1v) is 10.4. The Hall–Kier alpha value is -2.67. The highest BCUT2D eigenvalue weighted by Crippen LogP contribution is 2.45. The van der Waals surface area contributed by atoms with Crippen molar-refractivity contribution in [3.05, 3.63) is 52.4 Å². The monoisotopic (exact) mass is 394 g/mol. The summed E-state index contributed by atoms with van der Waals surface area (Å²) in [4.78, 5) is 24.0. The van der Waals surface area contributed by atoms with Crippen LogP contribution in [-0.2, 0) is 12.0 Å². The second-order valence-electron chi connectivity index (χ2n) is 7.58. The Morgan fingerprint density at radius 2 is 2.07 bits per heavy atom. The lowest BCUT2D eigenvalue weighted by Crippen LogP contribution is -2.34. The number of aromatic nitrogens is 3. The van der Waals surface area contributed by atoms with Gasteiger partial charge in [0.2, 0.25) is 0 Å². The molecule has 0 bridgehead atoms. The smallest absolute Gasteiger partial charge is 0.273 e. The predicted molar refractivity (Wildman–Crippen MR) is 108 cm³/mol. The van der Waals surface area contributed by atoms with E-state index in [0.717, 1.165) is 53.8 Å². The highest BCUT2D eigenvalue weighted by molar-refractivity contribution is 7.09. The van der Waals surface area contributed by atoms with Crippen LogP contribution in [0.1, 0.15) is 34.2 Å². The standard InChI is InChI=1S/C21H22N4O2S/c1-14-23-16(12-28-14)19(26)24-9-7-21(13-24)8-10-25-17(11-22-20(21)25)15-5-3-4-6-18(15)27-2/h3-6,11-12H,7-10,13H2,1-2H3/t21-/m1/s1. The van der Waals surface area contributed by atoms with E-state index in [4.69, 9.17) is 9.72 Å². The minimum atomic E-state index is -0.0546. The Morgan fingerprint density at radius 3 is 2.86 bits per heavy atom. The molecule has 3 aromatic rings. The van der Waals surface area contributed by atoms with Crippen molar-refractivity contribution in [1.82, 2.24) is 19.4 Å². The molecule has 28 heavy (non-hydrogen) atoms. The summed E-state index contributed by atoms with van der Waals surface area (Å²) in [6, 6.07) is 8.05. The van der Waals surface area contributed by atoms with Gasteiger partial charge in [-0.05, 0) is 31.9 Å². The number of likely N-dealkylation sites (tertiary alicyclic amines) is 1. The number of imidazole rings is 1. The van der Waals surface area contributed by atoms with Crippen LogP contribution in [0.25, 0.3) is 11.3 Å². The SMILES string of the molecule is COc1ccccc1-c1cnc2n1CC[C@@]21CCN(C(=O)c2csc(C)n2)C1. The van der Waals surface area contributed by atoms with E-state index >= 15 is 0 Å². The zero-order valence-electron chi connectivity index (χ0n) is 16.0. The number of rotatable bonds is 3. The number of hydrogen-bond donors (Lipinski definition) is 0. The van der Waals surface area contributed by atoms with Crippen LogP contribution in [0.5, 0.6) is 5.75 Å². The molecular weight excluding hydrogens is 372 g/mol. The summed E-state index contributed by atoms with van der Waals surface area (Å²) in [5, 5.41) is 2.79. The third-order valence-electron chi connectivity index (χ3n) is 6.01. The molecular formula is C21H22N4O2S. The molecule has 4 heterocycles. The normalized spacial score (nSPS) is 20.7. The van der Waals surface area contributed by atoms with Gasteiger partial charge in [-0.3, -0.25) is 4.79 Å². The maximum Gasteiger partial charge on any atom is 0.273 e. The number of aryl methyl sites for hydroxylation is 1. The fourth-order valence-corrected chi connectivity index (χ4v) is 5.18. The van der Waals surface area contributed by atoms with Crippen LogP contribution in [0.3, 0.4) is 0 Å². The summed E-state index contributed by atoms with van der Waals surface area (Å²) < 4.78 is 7.85. The van der Waals surface area contributed by atoms with Crippen LogP contribution in [0.4, 0.5) is 0 Å². The van der Waals surface area contributed by atoms with Crippen LogP contribution in [0, 0.1) is 6.92 Å². The average Bonchev–Trinajstić information content (AvgIpc) is 3.48. The van der Waals surface area contributed by atoms with Crippen LogP contribution in [0.15, 0.2) is 35.8 Å². The third-order valence-corrected chi connectivity index (χ3v) is 6.78. The Morgan fingerprint density at radius 1 is 1.25 bits per heavy atom. The average molecular weight is 395 g/mol. The van der Waals surface area contributed by atoms with Crippen LogP contribution < -0.4 is 4.74 Å². The number of benzene rings is 1. The second kappa shape index (κ2) is 6.44. The topological polar surface area (TPSA) is 60.2 Å². The molecule has 2 aromatic heterocycles. The molecule has 0 unspecified atom stereocenters. The highest BCUT2D eigenvalue weighted by atomic mass is 32.1. The van der Waals surface area contributed by atoms with Gasteiger partial charge in [-0.25, -0.2) is 9.97 Å². The molecule has 1 saturated heterocycles. The van der Waals surface area contributed by atoms with Crippen LogP contribution in [0.2, 0.25) is 0 Å². The Balaban J connectivity index is 1.45. The number of carbonyl (C=O) groups is 1. The first-order chi connectivity index (χ1) is 13.6. The molecule has 0 saturated carbocycles. The van der Waals surface area contributed by atoms with Gasteiger partial charge in [0.25, 0.3) is 5.91 Å². The van der Waals surface area contributed by atoms with E-state index < -0.39 is 0 Å². The molecule has 1 spiro atoms. The maximum absolute atomic E-state index is 12.8. The number of thiazole rings is 1. The van der Waals surface area contributed by atoms with Crippen molar-refractivity contribution in [3.8, 4) is 17.0 Å². The summed E-state index contributed by atoms with van der Waals surface area (Å²) in [7, 11) is 1.70. The molecule has 2 aliphatic heterocycles. The number of hydrogen-bond acceptors (Lipinski definition) is 5. The van der Waals surface area contributed by atoms with Crippen LogP contribution >= 0.6 is 11.3 Å². The summed E-state index contributed by atoms with van der Waals surface area (Å²) in [6.07, 6.45) is 3.91. The Labute approximate surface area is 167 Å². The molecule has 0 N–H and O–H groups in total. The van der Waals surface area contributed by atoms with E-state index in [-0.39, 0.29) is 11.3 Å². The van der Waals surface area contributed by atoms with Gasteiger partial charge in [-0.2, -0.15) is 0 Å². The summed E-state index contributed by atoms with van der Waals surface area (Å²) in [5.74, 6) is 1.99. The number of fused-ring (bicyclic) bond motifs is 2. The molecule has 144 valence electrons. The Kier molecular flexibility index (Phi) is 4.01. The van der Waals surface area contributed by atoms with Gasteiger partial charge in [0, 0.05) is 36.0 Å². The van der Waals surface area contributed by atoms with Crippen molar-refractivity contribution < 1.29 is 9.53 Å². The molecule has 2 aliphatic rings. The van der Waals surface area contributed by atoms with E-state index in [2.05, 4.69) is 15.6 Å². The molecule has 6 nitrogen and oxygen atoms in total. The minimum Gasteiger partial charge on any atom is -0.496 e. The number of nitrogens with zero attached hydrogens (tertiary/aromatic N) is 4. The van der Waals surface area contributed by atoms with Gasteiger partial charge in [0.15, 0.2) is 0 Å². The van der Waals surface area contributed by atoms with Crippen molar-refractivity contribution in [1.29, 1.82) is 0 Å². The molecule has 0 aliphatic carbocycles. The van der Waals surface area contributed by atoms with Crippen molar-refractivity contribution in [2.45, 2.75) is 31.7 Å². The van der Waals surface area contributed by atoms with Gasteiger partial charge in [-0.15, -0.1) is 11.3 Å². The number of carbonyl (C=O) groups excluding carboxylic acids is 1. The number of amides is 1. The van der Waals surface area contributed by atoms with Crippen molar-refractivity contribution >= 4 is 17.2 Å². The molecule has 1 aromatic carbocycles. The van der Waals surface area contributed by atoms with E-state index in [1.165, 1.54) is 11.3 Å². The van der Waals surface area contributed by atoms with Gasteiger partial charge in [0.05, 0.1) is 24.0 Å². The second-order valence-corrected chi connectivity index (χ2v) is 8.64. The molecule has 1 amide bonds. The largest absolute Gasteiger partial charge is 0.496 e. The lowest BCUT2D eigenvalue weighted by molar-refractivity contribution is 0.0778. The first-order valence-electron chi connectivity index (χ1n) is 9.52. The molecule has 7 heteroatoms. The summed E-state index contributed by atoms with van der Waals surface area (Å²) in [5.41, 5.74) is 2.66. The van der Waals surface area contributed by atoms with Crippen molar-refractivity contribution in [2.24, 2.45) is 0 Å². The fraction of sp³-hybridized carbons (Fsp3) is 0.381. The number of para-hydroxylation sites is 1. The molecule has 0 radical (unpaired) electrons. The lowest BCUT2D eigenvalue weighted by Gasteiger charge is -2.22. The maximum atomic E-state index is 12.8. The van der Waals surface area contributed by atoms with Gasteiger partial charge in [0.1, 0.15) is 17.3 Å². The van der Waals surface area contributed by atoms with Gasteiger partial charge in [-0.1, -0.05) is 12.1 Å². The molecule has 1 fully saturated rings. The highest BCUT2D eigenvalue weighted by Gasteiger charge is 2.48. The molecule has 5 rings (SSSR count). The molecule has 1 atom stereocenters. The summed E-state index contributed by atoms with van der Waals surface area (Å²) >= 11 is 1.52. The third kappa shape index (κ3) is 2.57. The first kappa shape index (κ1) is 17.4. The summed E-state index contributed by atoms with van der Waals surface area (Å²) in [6.45, 7) is 4.32. The Bertz CT molecular complexity index is 1060.